The lowest BCUT2D eigenvalue weighted by molar-refractivity contribution is -0.167. The van der Waals surface area contributed by atoms with Crippen LogP contribution < -0.4 is 0 Å². The van der Waals surface area contributed by atoms with Crippen LogP contribution in [0.2, 0.25) is 0 Å². The van der Waals surface area contributed by atoms with Gasteiger partial charge in [0.15, 0.2) is 6.10 Å². The summed E-state index contributed by atoms with van der Waals surface area (Å²) in [5.41, 5.74) is 0. The molecule has 0 aliphatic heterocycles. The molecule has 418 valence electrons. The number of carbonyl (C=O) groups is 3. The smallest absolute Gasteiger partial charge is 0.306 e. The second-order valence-electron chi connectivity index (χ2n) is 20.2. The van der Waals surface area contributed by atoms with E-state index in [1.54, 1.807) is 0 Å². The van der Waals surface area contributed by atoms with Crippen LogP contribution in [0.15, 0.2) is 97.2 Å². The largest absolute Gasteiger partial charge is 0.462 e. The fourth-order valence-electron chi connectivity index (χ4n) is 8.49. The maximum atomic E-state index is 12.9. The summed E-state index contributed by atoms with van der Waals surface area (Å²) in [5.74, 6) is -0.952. The van der Waals surface area contributed by atoms with Gasteiger partial charge in [-0.05, 0) is 96.3 Å². The third-order valence-electron chi connectivity index (χ3n) is 13.1. The molecule has 0 bridgehead atoms. The van der Waals surface area contributed by atoms with Crippen molar-refractivity contribution in [3.8, 4) is 0 Å². The second-order valence-corrected chi connectivity index (χ2v) is 20.2. The van der Waals surface area contributed by atoms with Gasteiger partial charge in [0.2, 0.25) is 0 Å². The van der Waals surface area contributed by atoms with Gasteiger partial charge in [-0.2, -0.15) is 0 Å². The predicted molar refractivity (Wildman–Crippen MR) is 316 cm³/mol. The lowest BCUT2D eigenvalue weighted by atomic mass is 10.1. The van der Waals surface area contributed by atoms with Gasteiger partial charge in [0.1, 0.15) is 13.2 Å². The first-order chi connectivity index (χ1) is 36.0. The van der Waals surface area contributed by atoms with Gasteiger partial charge >= 0.3 is 17.9 Å². The van der Waals surface area contributed by atoms with Crippen LogP contribution in [0.3, 0.4) is 0 Å². The summed E-state index contributed by atoms with van der Waals surface area (Å²) < 4.78 is 16.8. The summed E-state index contributed by atoms with van der Waals surface area (Å²) >= 11 is 0. The number of hydrogen-bond donors (Lipinski definition) is 0. The molecule has 0 saturated carbocycles. The Kier molecular flexibility index (Phi) is 57.8. The van der Waals surface area contributed by atoms with Gasteiger partial charge in [-0.1, -0.05) is 272 Å². The van der Waals surface area contributed by atoms with Crippen LogP contribution in [-0.2, 0) is 28.6 Å². The molecule has 0 spiro atoms. The number of unbranched alkanes of at least 4 members (excludes halogenated alkanes) is 28. The molecule has 0 aliphatic carbocycles. The first kappa shape index (κ1) is 69.3. The van der Waals surface area contributed by atoms with Gasteiger partial charge < -0.3 is 14.2 Å². The van der Waals surface area contributed by atoms with Crippen molar-refractivity contribution < 1.29 is 28.6 Å². The van der Waals surface area contributed by atoms with Crippen LogP contribution in [0.4, 0.5) is 0 Å². The molecule has 0 fully saturated rings. The number of rotatable bonds is 55. The van der Waals surface area contributed by atoms with Crippen molar-refractivity contribution >= 4 is 17.9 Å². The zero-order chi connectivity index (χ0) is 52.9. The van der Waals surface area contributed by atoms with Crippen molar-refractivity contribution in [3.05, 3.63) is 97.2 Å². The predicted octanol–water partition coefficient (Wildman–Crippen LogP) is 20.9. The van der Waals surface area contributed by atoms with Crippen molar-refractivity contribution in [2.75, 3.05) is 13.2 Å². The second kappa shape index (κ2) is 60.9. The number of hydrogen-bond acceptors (Lipinski definition) is 6. The van der Waals surface area contributed by atoms with Crippen molar-refractivity contribution in [1.82, 2.24) is 0 Å². The van der Waals surface area contributed by atoms with Gasteiger partial charge in [0.05, 0.1) is 0 Å². The van der Waals surface area contributed by atoms with Gasteiger partial charge in [0, 0.05) is 19.3 Å². The zero-order valence-electron chi connectivity index (χ0n) is 47.9. The topological polar surface area (TPSA) is 78.9 Å². The van der Waals surface area contributed by atoms with Gasteiger partial charge in [-0.3, -0.25) is 14.4 Å². The van der Waals surface area contributed by atoms with Crippen molar-refractivity contribution in [2.24, 2.45) is 0 Å². The van der Waals surface area contributed by atoms with E-state index in [1.807, 2.05) is 0 Å². The Morgan fingerprint density at radius 1 is 0.288 bits per heavy atom. The molecule has 0 saturated heterocycles. The highest BCUT2D eigenvalue weighted by Crippen LogP contribution is 2.16. The quantitative estimate of drug-likeness (QED) is 0.0261. The van der Waals surface area contributed by atoms with Gasteiger partial charge in [-0.15, -0.1) is 0 Å². The summed E-state index contributed by atoms with van der Waals surface area (Å²) in [6.07, 6.45) is 81.3. The molecule has 6 heteroatoms. The molecule has 0 aliphatic rings. The minimum absolute atomic E-state index is 0.0944. The molecule has 1 unspecified atom stereocenters. The summed E-state index contributed by atoms with van der Waals surface area (Å²) in [6.45, 7) is 6.49. The van der Waals surface area contributed by atoms with Crippen LogP contribution >= 0.6 is 0 Å². The molecule has 6 nitrogen and oxygen atoms in total. The lowest BCUT2D eigenvalue weighted by Gasteiger charge is -2.18. The van der Waals surface area contributed by atoms with Gasteiger partial charge in [0.25, 0.3) is 0 Å². The molecule has 0 heterocycles. The summed E-state index contributed by atoms with van der Waals surface area (Å²) in [7, 11) is 0. The van der Waals surface area contributed by atoms with E-state index in [2.05, 4.69) is 118 Å². The zero-order valence-corrected chi connectivity index (χ0v) is 47.9. The molecule has 0 aromatic carbocycles. The minimum atomic E-state index is -0.801. The standard InChI is InChI=1S/C67H114O6/c1-4-7-10-13-16-19-22-24-26-28-30-32-33-35-36-38-40-42-45-48-51-54-57-60-66(69)72-63-64(62-71-65(68)59-56-53-50-47-44-21-18-15-12-9-6-3)73-67(70)61-58-55-52-49-46-43-41-39-37-34-31-29-27-25-23-20-17-14-11-8-5-2/h7,10,16,19,24,26,29-32,35-36,40,42,48,51,64H,4-6,8-9,11-15,17-18,20-23,25,27-28,33-34,37-39,41,43-47,49-50,52-63H2,1-3H3/b10-7-,19-16-,26-24-,31-29-,32-30-,36-35-,42-40-,51-48-. The van der Waals surface area contributed by atoms with E-state index in [4.69, 9.17) is 14.2 Å². The maximum absolute atomic E-state index is 12.9. The van der Waals surface area contributed by atoms with Crippen LogP contribution in [0.5, 0.6) is 0 Å². The maximum Gasteiger partial charge on any atom is 0.306 e. The van der Waals surface area contributed by atoms with Crippen LogP contribution in [0.25, 0.3) is 0 Å². The summed E-state index contributed by atoms with van der Waals surface area (Å²) in [6, 6.07) is 0. The SMILES string of the molecule is CC/C=C\C/C=C\C/C=C\C/C=C\C/C=C\C/C=C\C/C=C\CCCC(=O)OCC(COC(=O)CCCCCCCCCCCCC)OC(=O)CCCCCCCCCCC/C=C\CCCCCCCCCC. The molecule has 0 aromatic rings. The van der Waals surface area contributed by atoms with Crippen molar-refractivity contribution in [2.45, 2.75) is 297 Å². The van der Waals surface area contributed by atoms with E-state index in [1.165, 1.54) is 154 Å². The summed E-state index contributed by atoms with van der Waals surface area (Å²) in [4.78, 5) is 38.2. The highest BCUT2D eigenvalue weighted by atomic mass is 16.6. The Balaban J connectivity index is 4.41. The molecule has 1 atom stereocenters. The number of allylic oxidation sites excluding steroid dienone is 16. The number of ether oxygens (including phenoxy) is 3. The average Bonchev–Trinajstić information content (AvgIpc) is 3.39. The fraction of sp³-hybridized carbons (Fsp3) is 0.716. The van der Waals surface area contributed by atoms with Crippen LogP contribution in [-0.4, -0.2) is 37.2 Å². The Morgan fingerprint density at radius 3 is 0.904 bits per heavy atom. The highest BCUT2D eigenvalue weighted by molar-refractivity contribution is 5.71. The third-order valence-corrected chi connectivity index (χ3v) is 13.1. The average molecular weight is 1020 g/mol. The Labute approximate surface area is 451 Å². The Morgan fingerprint density at radius 2 is 0.548 bits per heavy atom. The monoisotopic (exact) mass is 1010 g/mol. The first-order valence-corrected chi connectivity index (χ1v) is 30.7. The first-order valence-electron chi connectivity index (χ1n) is 30.7. The molecule has 0 amide bonds. The highest BCUT2D eigenvalue weighted by Gasteiger charge is 2.19. The van der Waals surface area contributed by atoms with E-state index < -0.39 is 6.10 Å². The molecule has 73 heavy (non-hydrogen) atoms. The lowest BCUT2D eigenvalue weighted by Crippen LogP contribution is -2.30. The number of carbonyl (C=O) groups excluding carboxylic acids is 3. The van der Waals surface area contributed by atoms with Crippen LogP contribution in [0.1, 0.15) is 290 Å². The molecular formula is C67H114O6. The Bertz CT molecular complexity index is 1440. The third kappa shape index (κ3) is 59.1. The van der Waals surface area contributed by atoms with E-state index in [0.29, 0.717) is 19.3 Å². The van der Waals surface area contributed by atoms with Crippen LogP contribution in [0, 0.1) is 0 Å². The van der Waals surface area contributed by atoms with E-state index in [9.17, 15) is 14.4 Å². The van der Waals surface area contributed by atoms with E-state index in [-0.39, 0.29) is 37.5 Å². The van der Waals surface area contributed by atoms with E-state index >= 15 is 0 Å². The molecule has 0 radical (unpaired) electrons. The molecule has 0 rings (SSSR count). The normalized spacial score (nSPS) is 12.8. The molecule has 0 aromatic heterocycles. The number of esters is 3. The molecule has 0 N–H and O–H groups in total. The van der Waals surface area contributed by atoms with Gasteiger partial charge in [-0.25, -0.2) is 0 Å². The fourth-order valence-corrected chi connectivity index (χ4v) is 8.49. The van der Waals surface area contributed by atoms with E-state index in [0.717, 1.165) is 89.9 Å². The molecular weight excluding hydrogens is 901 g/mol. The van der Waals surface area contributed by atoms with Crippen molar-refractivity contribution in [1.29, 1.82) is 0 Å². The van der Waals surface area contributed by atoms with Crippen molar-refractivity contribution in [3.63, 3.8) is 0 Å². The summed E-state index contributed by atoms with van der Waals surface area (Å²) in [5, 5.41) is 0. The minimum Gasteiger partial charge on any atom is -0.462 e. The Hall–Kier alpha value is -3.67.